The SMILES string of the molecule is CCC1CCC([SiH](C)C2CCC(C[Si](C)(C)C)C2)C1. The van der Waals surface area contributed by atoms with Crippen molar-refractivity contribution in [2.24, 2.45) is 11.8 Å². The molecule has 0 amide bonds. The molecule has 5 unspecified atom stereocenters. The van der Waals surface area contributed by atoms with Gasteiger partial charge in [-0.1, -0.05) is 84.1 Å². The van der Waals surface area contributed by atoms with Crippen molar-refractivity contribution in [3.05, 3.63) is 0 Å². The number of rotatable bonds is 5. The van der Waals surface area contributed by atoms with Crippen molar-refractivity contribution in [2.75, 3.05) is 0 Å². The summed E-state index contributed by atoms with van der Waals surface area (Å²) in [4.78, 5) is 0. The fourth-order valence-corrected chi connectivity index (χ4v) is 10.9. The summed E-state index contributed by atoms with van der Waals surface area (Å²) in [6, 6.07) is 1.60. The molecule has 2 heteroatoms. The van der Waals surface area contributed by atoms with Crippen LogP contribution >= 0.6 is 0 Å². The van der Waals surface area contributed by atoms with E-state index in [1.54, 1.807) is 44.6 Å². The fourth-order valence-electron chi connectivity index (χ4n) is 4.99. The van der Waals surface area contributed by atoms with E-state index in [0.29, 0.717) is 0 Å². The molecule has 0 aromatic carbocycles. The van der Waals surface area contributed by atoms with Crippen LogP contribution in [0.5, 0.6) is 0 Å². The maximum absolute atomic E-state index is 2.73. The van der Waals surface area contributed by atoms with Crippen molar-refractivity contribution in [3.63, 3.8) is 0 Å². The van der Waals surface area contributed by atoms with E-state index >= 15 is 0 Å². The maximum Gasteiger partial charge on any atom is 0.0445 e. The Balaban J connectivity index is 1.80. The van der Waals surface area contributed by atoms with Gasteiger partial charge in [-0.25, -0.2) is 0 Å². The van der Waals surface area contributed by atoms with Crippen LogP contribution in [-0.4, -0.2) is 16.9 Å². The molecule has 0 aliphatic heterocycles. The average molecular weight is 297 g/mol. The lowest BCUT2D eigenvalue weighted by Gasteiger charge is -2.25. The van der Waals surface area contributed by atoms with Gasteiger partial charge in [-0.15, -0.1) is 0 Å². The summed E-state index contributed by atoms with van der Waals surface area (Å²) >= 11 is 0. The molecule has 2 aliphatic rings. The van der Waals surface area contributed by atoms with Gasteiger partial charge in [-0.3, -0.25) is 0 Å². The standard InChI is InChI=1S/C17H36Si2/c1-6-14-7-9-16(11-14)18(2)17-10-8-15(12-17)13-19(3,4)5/h14-18H,6-13H2,1-5H3. The van der Waals surface area contributed by atoms with Gasteiger partial charge in [0.25, 0.3) is 0 Å². The van der Waals surface area contributed by atoms with Crippen LogP contribution in [0.1, 0.15) is 51.9 Å². The average Bonchev–Trinajstić information content (AvgIpc) is 2.94. The van der Waals surface area contributed by atoms with E-state index in [2.05, 4.69) is 33.1 Å². The predicted molar refractivity (Wildman–Crippen MR) is 93.6 cm³/mol. The molecule has 0 bridgehead atoms. The van der Waals surface area contributed by atoms with Gasteiger partial charge in [0.05, 0.1) is 0 Å². The van der Waals surface area contributed by atoms with E-state index < -0.39 is 16.9 Å². The Morgan fingerprint density at radius 3 is 1.89 bits per heavy atom. The van der Waals surface area contributed by atoms with Crippen LogP contribution in [0, 0.1) is 11.8 Å². The first-order valence-corrected chi connectivity index (χ1v) is 15.1. The summed E-state index contributed by atoms with van der Waals surface area (Å²) in [6.45, 7) is 12.8. The quantitative estimate of drug-likeness (QED) is 0.551. The van der Waals surface area contributed by atoms with Crippen molar-refractivity contribution in [2.45, 2.75) is 95.2 Å². The second kappa shape index (κ2) is 6.47. The first-order valence-electron chi connectivity index (χ1n) is 8.89. The fraction of sp³-hybridized carbons (Fsp3) is 1.00. The molecule has 19 heavy (non-hydrogen) atoms. The molecule has 112 valence electrons. The molecule has 2 aliphatic carbocycles. The zero-order chi connectivity index (χ0) is 14.0. The van der Waals surface area contributed by atoms with Crippen molar-refractivity contribution < 1.29 is 0 Å². The van der Waals surface area contributed by atoms with Gasteiger partial charge in [0, 0.05) is 16.9 Å². The molecule has 5 atom stereocenters. The summed E-state index contributed by atoms with van der Waals surface area (Å²) < 4.78 is 0. The zero-order valence-electron chi connectivity index (χ0n) is 14.0. The lowest BCUT2D eigenvalue weighted by Crippen LogP contribution is -2.24. The summed E-state index contributed by atoms with van der Waals surface area (Å²) in [5.41, 5.74) is 2.42. The van der Waals surface area contributed by atoms with Crippen molar-refractivity contribution in [1.29, 1.82) is 0 Å². The smallest absolute Gasteiger partial charge is 0.0445 e. The summed E-state index contributed by atoms with van der Waals surface area (Å²) in [5, 5.41) is 0. The lowest BCUT2D eigenvalue weighted by molar-refractivity contribution is 0.529. The van der Waals surface area contributed by atoms with Crippen LogP contribution < -0.4 is 0 Å². The number of hydrogen-bond acceptors (Lipinski definition) is 0. The van der Waals surface area contributed by atoms with Crippen LogP contribution in [0.3, 0.4) is 0 Å². The minimum Gasteiger partial charge on any atom is -0.0716 e. The molecule has 2 saturated carbocycles. The number of hydrogen-bond donors (Lipinski definition) is 0. The largest absolute Gasteiger partial charge is 0.0716 e. The van der Waals surface area contributed by atoms with E-state index in [0.717, 1.165) is 11.8 Å². The van der Waals surface area contributed by atoms with Gasteiger partial charge >= 0.3 is 0 Å². The summed E-state index contributed by atoms with van der Waals surface area (Å²) in [6.07, 6.45) is 11.0. The van der Waals surface area contributed by atoms with Crippen molar-refractivity contribution in [1.82, 2.24) is 0 Å². The van der Waals surface area contributed by atoms with Gasteiger partial charge in [0.1, 0.15) is 0 Å². The Morgan fingerprint density at radius 1 is 0.895 bits per heavy atom. The Labute approximate surface area is 124 Å². The Hall–Kier alpha value is 0.434. The molecule has 0 nitrogen and oxygen atoms in total. The third kappa shape index (κ3) is 4.45. The molecule has 0 radical (unpaired) electrons. The van der Waals surface area contributed by atoms with E-state index in [4.69, 9.17) is 0 Å². The molecule has 0 aromatic heterocycles. The van der Waals surface area contributed by atoms with E-state index in [9.17, 15) is 0 Å². The van der Waals surface area contributed by atoms with Gasteiger partial charge < -0.3 is 0 Å². The molecule has 0 heterocycles. The zero-order valence-corrected chi connectivity index (χ0v) is 16.2. The minimum absolute atomic E-state index is 0.451. The van der Waals surface area contributed by atoms with Gasteiger partial charge in [-0.05, 0) is 22.9 Å². The Bertz CT molecular complexity index is 281. The van der Waals surface area contributed by atoms with E-state index in [-0.39, 0.29) is 0 Å². The second-order valence-corrected chi connectivity index (χ2v) is 18.0. The van der Waals surface area contributed by atoms with E-state index in [1.165, 1.54) is 17.5 Å². The lowest BCUT2D eigenvalue weighted by atomic mass is 10.1. The van der Waals surface area contributed by atoms with E-state index in [1.807, 2.05) is 0 Å². The molecule has 0 spiro atoms. The third-order valence-electron chi connectivity index (χ3n) is 6.13. The molecule has 0 N–H and O–H groups in total. The predicted octanol–water partition coefficient (Wildman–Crippen LogP) is 5.93. The highest BCUT2D eigenvalue weighted by Gasteiger charge is 2.37. The second-order valence-electron chi connectivity index (χ2n) is 8.91. The first-order chi connectivity index (χ1) is 8.89. The van der Waals surface area contributed by atoms with Crippen LogP contribution in [0.25, 0.3) is 0 Å². The minimum atomic E-state index is -0.819. The highest BCUT2D eigenvalue weighted by atomic mass is 28.3. The highest BCUT2D eigenvalue weighted by Crippen LogP contribution is 2.48. The van der Waals surface area contributed by atoms with Crippen molar-refractivity contribution in [3.8, 4) is 0 Å². The Morgan fingerprint density at radius 2 is 1.42 bits per heavy atom. The maximum atomic E-state index is 2.73. The molecule has 2 fully saturated rings. The van der Waals surface area contributed by atoms with Gasteiger partial charge in [-0.2, -0.15) is 0 Å². The summed E-state index contributed by atoms with van der Waals surface area (Å²) in [7, 11) is -1.27. The monoisotopic (exact) mass is 296 g/mol. The third-order valence-corrected chi connectivity index (χ3v) is 12.1. The van der Waals surface area contributed by atoms with Crippen LogP contribution in [0.4, 0.5) is 0 Å². The van der Waals surface area contributed by atoms with Crippen LogP contribution in [-0.2, 0) is 0 Å². The molecular weight excluding hydrogens is 260 g/mol. The van der Waals surface area contributed by atoms with Gasteiger partial charge in [0.15, 0.2) is 0 Å². The first kappa shape index (κ1) is 15.8. The van der Waals surface area contributed by atoms with Crippen molar-refractivity contribution >= 4 is 16.9 Å². The molecule has 0 aromatic rings. The van der Waals surface area contributed by atoms with Gasteiger partial charge in [0.2, 0.25) is 0 Å². The topological polar surface area (TPSA) is 0 Å². The van der Waals surface area contributed by atoms with Crippen LogP contribution in [0.15, 0.2) is 0 Å². The molecular formula is C17H36Si2. The normalized spacial score (nSPS) is 37.7. The Kier molecular flexibility index (Phi) is 5.38. The summed E-state index contributed by atoms with van der Waals surface area (Å²) in [5.74, 6) is 2.22. The highest BCUT2D eigenvalue weighted by molar-refractivity contribution is 6.76. The molecule has 0 saturated heterocycles. The van der Waals surface area contributed by atoms with Crippen LogP contribution in [0.2, 0.25) is 43.3 Å². The molecule has 2 rings (SSSR count).